The van der Waals surface area contributed by atoms with Crippen molar-refractivity contribution in [1.82, 2.24) is 14.7 Å². The maximum absolute atomic E-state index is 13.4. The summed E-state index contributed by atoms with van der Waals surface area (Å²) in [5, 5.41) is 4.45. The third-order valence-corrected chi connectivity index (χ3v) is 5.82. The van der Waals surface area contributed by atoms with Gasteiger partial charge < -0.3 is 9.64 Å². The van der Waals surface area contributed by atoms with Crippen LogP contribution in [0.2, 0.25) is 0 Å². The van der Waals surface area contributed by atoms with Crippen molar-refractivity contribution in [3.63, 3.8) is 0 Å². The molecule has 1 amide bonds. The van der Waals surface area contributed by atoms with Crippen LogP contribution in [-0.4, -0.2) is 39.8 Å². The Kier molecular flexibility index (Phi) is 4.89. The number of amides is 1. The first-order valence-electron chi connectivity index (χ1n) is 9.79. The summed E-state index contributed by atoms with van der Waals surface area (Å²) in [6, 6.07) is 8.22. The molecule has 5 nitrogen and oxygen atoms in total. The Hall–Kier alpha value is -2.37. The standard InChI is InChI=1S/C21H26FN3O2/c1-3-5-16-11-19(24(2)23-16)21(26)25-12-14-8-9-20(18(14)13-25)27-17-7-4-6-15(22)10-17/h4,6-7,10-11,14,18,20H,3,5,8-9,12-13H2,1-2H3/t14-,18+,20-/m0/s1. The minimum atomic E-state index is -0.288. The van der Waals surface area contributed by atoms with Crippen molar-refractivity contribution in [3.05, 3.63) is 47.5 Å². The van der Waals surface area contributed by atoms with Crippen molar-refractivity contribution in [3.8, 4) is 5.75 Å². The highest BCUT2D eigenvalue weighted by atomic mass is 19.1. The van der Waals surface area contributed by atoms with Crippen molar-refractivity contribution in [2.45, 2.75) is 38.7 Å². The number of halogens is 1. The molecule has 3 atom stereocenters. The number of aryl methyl sites for hydroxylation is 2. The molecule has 2 aliphatic rings. The fraction of sp³-hybridized carbons (Fsp3) is 0.524. The van der Waals surface area contributed by atoms with E-state index in [0.29, 0.717) is 29.8 Å². The van der Waals surface area contributed by atoms with Crippen LogP contribution in [0.15, 0.2) is 30.3 Å². The average Bonchev–Trinajstić information content (AvgIpc) is 3.31. The zero-order chi connectivity index (χ0) is 19.0. The number of fused-ring (bicyclic) bond motifs is 1. The number of rotatable bonds is 5. The van der Waals surface area contributed by atoms with Crippen LogP contribution in [0.4, 0.5) is 4.39 Å². The number of likely N-dealkylation sites (tertiary alicyclic amines) is 1. The number of aromatic nitrogens is 2. The molecule has 1 saturated carbocycles. The molecule has 6 heteroatoms. The molecule has 2 fully saturated rings. The lowest BCUT2D eigenvalue weighted by Crippen LogP contribution is -2.33. The first kappa shape index (κ1) is 18.0. The van der Waals surface area contributed by atoms with E-state index in [1.807, 2.05) is 18.0 Å². The van der Waals surface area contributed by atoms with Gasteiger partial charge in [-0.15, -0.1) is 0 Å². The molecule has 1 saturated heterocycles. The topological polar surface area (TPSA) is 47.4 Å². The Morgan fingerprint density at radius 1 is 1.30 bits per heavy atom. The van der Waals surface area contributed by atoms with Crippen LogP contribution < -0.4 is 4.74 Å². The largest absolute Gasteiger partial charge is 0.490 e. The van der Waals surface area contributed by atoms with Crippen LogP contribution in [0, 0.1) is 17.7 Å². The molecule has 0 N–H and O–H groups in total. The van der Waals surface area contributed by atoms with E-state index in [-0.39, 0.29) is 17.8 Å². The van der Waals surface area contributed by atoms with E-state index in [9.17, 15) is 9.18 Å². The van der Waals surface area contributed by atoms with Crippen LogP contribution in [0.1, 0.15) is 42.4 Å². The first-order valence-corrected chi connectivity index (χ1v) is 9.79. The molecule has 0 spiro atoms. The number of carbonyl (C=O) groups is 1. The van der Waals surface area contributed by atoms with Crippen molar-refractivity contribution in [2.24, 2.45) is 18.9 Å². The molecular formula is C21H26FN3O2. The predicted molar refractivity (Wildman–Crippen MR) is 100 cm³/mol. The van der Waals surface area contributed by atoms with Gasteiger partial charge in [-0.25, -0.2) is 4.39 Å². The summed E-state index contributed by atoms with van der Waals surface area (Å²) in [5.74, 6) is 1.09. The summed E-state index contributed by atoms with van der Waals surface area (Å²) in [4.78, 5) is 14.9. The zero-order valence-corrected chi connectivity index (χ0v) is 15.9. The fourth-order valence-electron chi connectivity index (χ4n) is 4.51. The predicted octanol–water partition coefficient (Wildman–Crippen LogP) is 3.44. The normalized spacial score (nSPS) is 24.3. The van der Waals surface area contributed by atoms with Crippen molar-refractivity contribution in [2.75, 3.05) is 13.1 Å². The molecule has 1 aromatic heterocycles. The highest BCUT2D eigenvalue weighted by molar-refractivity contribution is 5.93. The molecule has 0 radical (unpaired) electrons. The van der Waals surface area contributed by atoms with Crippen molar-refractivity contribution < 1.29 is 13.9 Å². The molecule has 1 aliphatic carbocycles. The third-order valence-electron chi connectivity index (χ3n) is 5.82. The molecule has 1 aromatic carbocycles. The second-order valence-corrected chi connectivity index (χ2v) is 7.72. The Morgan fingerprint density at radius 3 is 2.93 bits per heavy atom. The second-order valence-electron chi connectivity index (χ2n) is 7.72. The van der Waals surface area contributed by atoms with E-state index in [1.165, 1.54) is 12.1 Å². The number of ether oxygens (including phenoxy) is 1. The molecule has 4 rings (SSSR count). The number of carbonyl (C=O) groups excluding carboxylic acids is 1. The summed E-state index contributed by atoms with van der Waals surface area (Å²) >= 11 is 0. The van der Waals surface area contributed by atoms with Crippen LogP contribution in [0.3, 0.4) is 0 Å². The van der Waals surface area contributed by atoms with E-state index in [2.05, 4.69) is 12.0 Å². The lowest BCUT2D eigenvalue weighted by Gasteiger charge is -2.22. The maximum Gasteiger partial charge on any atom is 0.272 e. The monoisotopic (exact) mass is 371 g/mol. The van der Waals surface area contributed by atoms with Crippen LogP contribution in [0.25, 0.3) is 0 Å². The molecule has 27 heavy (non-hydrogen) atoms. The Balaban J connectivity index is 1.44. The Bertz CT molecular complexity index is 835. The maximum atomic E-state index is 13.4. The Labute approximate surface area is 159 Å². The van der Waals surface area contributed by atoms with E-state index >= 15 is 0 Å². The lowest BCUT2D eigenvalue weighted by molar-refractivity contribution is 0.0751. The van der Waals surface area contributed by atoms with Gasteiger partial charge in [0.25, 0.3) is 5.91 Å². The highest BCUT2D eigenvalue weighted by Gasteiger charge is 2.45. The summed E-state index contributed by atoms with van der Waals surface area (Å²) < 4.78 is 21.2. The fourth-order valence-corrected chi connectivity index (χ4v) is 4.51. The van der Waals surface area contributed by atoms with Crippen LogP contribution in [0.5, 0.6) is 5.75 Å². The van der Waals surface area contributed by atoms with E-state index in [0.717, 1.165) is 37.9 Å². The molecule has 0 unspecified atom stereocenters. The summed E-state index contributed by atoms with van der Waals surface area (Å²) in [6.45, 7) is 3.56. The zero-order valence-electron chi connectivity index (χ0n) is 15.9. The number of hydrogen-bond acceptors (Lipinski definition) is 3. The van der Waals surface area contributed by atoms with E-state index in [1.54, 1.807) is 16.8 Å². The summed E-state index contributed by atoms with van der Waals surface area (Å²) in [6.07, 6.45) is 3.94. The highest BCUT2D eigenvalue weighted by Crippen LogP contribution is 2.40. The molecule has 2 heterocycles. The van der Waals surface area contributed by atoms with Gasteiger partial charge >= 0.3 is 0 Å². The van der Waals surface area contributed by atoms with Gasteiger partial charge in [-0.05, 0) is 43.4 Å². The van der Waals surface area contributed by atoms with Gasteiger partial charge in [0.15, 0.2) is 0 Å². The van der Waals surface area contributed by atoms with Gasteiger partial charge in [-0.2, -0.15) is 5.10 Å². The van der Waals surface area contributed by atoms with Crippen molar-refractivity contribution >= 4 is 5.91 Å². The van der Waals surface area contributed by atoms with Gasteiger partial charge in [0.2, 0.25) is 0 Å². The molecule has 1 aliphatic heterocycles. The number of benzene rings is 1. The first-order chi connectivity index (χ1) is 13.0. The molecule has 0 bridgehead atoms. The number of hydrogen-bond donors (Lipinski definition) is 0. The van der Waals surface area contributed by atoms with E-state index in [4.69, 9.17) is 4.74 Å². The van der Waals surface area contributed by atoms with Gasteiger partial charge in [-0.1, -0.05) is 19.4 Å². The second kappa shape index (κ2) is 7.33. The molecular weight excluding hydrogens is 345 g/mol. The van der Waals surface area contributed by atoms with Gasteiger partial charge in [0.1, 0.15) is 23.4 Å². The summed E-state index contributed by atoms with van der Waals surface area (Å²) in [5.41, 5.74) is 1.62. The van der Waals surface area contributed by atoms with Crippen LogP contribution >= 0.6 is 0 Å². The van der Waals surface area contributed by atoms with E-state index < -0.39 is 0 Å². The quantitative estimate of drug-likeness (QED) is 0.809. The van der Waals surface area contributed by atoms with Crippen molar-refractivity contribution in [1.29, 1.82) is 0 Å². The summed E-state index contributed by atoms with van der Waals surface area (Å²) in [7, 11) is 1.83. The lowest BCUT2D eigenvalue weighted by atomic mass is 9.99. The minimum Gasteiger partial charge on any atom is -0.490 e. The van der Waals surface area contributed by atoms with Gasteiger partial charge in [0, 0.05) is 32.1 Å². The van der Waals surface area contributed by atoms with Gasteiger partial charge in [0.05, 0.1) is 5.69 Å². The number of nitrogens with zero attached hydrogens (tertiary/aromatic N) is 3. The third kappa shape index (κ3) is 3.57. The van der Waals surface area contributed by atoms with Gasteiger partial charge in [-0.3, -0.25) is 9.48 Å². The molecule has 2 aromatic rings. The minimum absolute atomic E-state index is 0.0387. The SMILES string of the molecule is CCCc1cc(C(=O)N2C[C@@H]3CC[C@H](Oc4cccc(F)c4)[C@@H]3C2)n(C)n1. The van der Waals surface area contributed by atoms with Crippen LogP contribution in [-0.2, 0) is 13.5 Å². The average molecular weight is 371 g/mol. The Morgan fingerprint density at radius 2 is 2.15 bits per heavy atom. The molecule has 144 valence electrons. The smallest absolute Gasteiger partial charge is 0.272 e.